The van der Waals surface area contributed by atoms with Gasteiger partial charge in [-0.1, -0.05) is 6.07 Å². The average molecular weight is 274 g/mol. The molecule has 0 amide bonds. The van der Waals surface area contributed by atoms with E-state index in [1.165, 1.54) is 30.4 Å². The van der Waals surface area contributed by atoms with Crippen molar-refractivity contribution in [2.45, 2.75) is 31.8 Å². The van der Waals surface area contributed by atoms with Crippen LogP contribution in [0.2, 0.25) is 0 Å². The highest BCUT2D eigenvalue weighted by Gasteiger charge is 2.20. The highest BCUT2D eigenvalue weighted by Crippen LogP contribution is 2.32. The molecule has 0 saturated heterocycles. The summed E-state index contributed by atoms with van der Waals surface area (Å²) in [6, 6.07) is 6.85. The van der Waals surface area contributed by atoms with E-state index in [-0.39, 0.29) is 0 Å². The predicted octanol–water partition coefficient (Wildman–Crippen LogP) is 3.32. The number of hydrogen-bond donors (Lipinski definition) is 1. The Kier molecular flexibility index (Phi) is 3.80. The smallest absolute Gasteiger partial charge is 0.119 e. The van der Waals surface area contributed by atoms with E-state index in [1.54, 1.807) is 18.4 Å². The van der Waals surface area contributed by atoms with Crippen LogP contribution in [-0.4, -0.2) is 12.1 Å². The largest absolute Gasteiger partial charge is 0.497 e. The van der Waals surface area contributed by atoms with Gasteiger partial charge >= 0.3 is 0 Å². The van der Waals surface area contributed by atoms with Crippen LogP contribution < -0.4 is 10.1 Å². The van der Waals surface area contributed by atoms with E-state index in [0.717, 1.165) is 18.0 Å². The lowest BCUT2D eigenvalue weighted by Crippen LogP contribution is -2.25. The minimum atomic E-state index is 0.417. The molecule has 1 unspecified atom stereocenters. The first-order valence-corrected chi connectivity index (χ1v) is 7.58. The lowest BCUT2D eigenvalue weighted by molar-refractivity contribution is 0.408. The third kappa shape index (κ3) is 2.80. The Morgan fingerprint density at radius 3 is 3.21 bits per heavy atom. The molecule has 0 radical (unpaired) electrons. The van der Waals surface area contributed by atoms with Crippen molar-refractivity contribution in [1.82, 2.24) is 10.3 Å². The Labute approximate surface area is 117 Å². The third-order valence-corrected chi connectivity index (χ3v) is 4.32. The number of nitrogens with one attached hydrogen (secondary N) is 1. The SMILES string of the molecule is COc1ccc2c(c1)C(NCc1cscn1)CCC2. The number of thiazole rings is 1. The second-order valence-electron chi connectivity index (χ2n) is 4.87. The van der Waals surface area contributed by atoms with E-state index >= 15 is 0 Å². The first kappa shape index (κ1) is 12.6. The number of rotatable bonds is 4. The molecule has 3 nitrogen and oxygen atoms in total. The van der Waals surface area contributed by atoms with E-state index < -0.39 is 0 Å². The molecule has 3 rings (SSSR count). The van der Waals surface area contributed by atoms with Crippen molar-refractivity contribution < 1.29 is 4.74 Å². The maximum absolute atomic E-state index is 5.34. The van der Waals surface area contributed by atoms with Crippen molar-refractivity contribution in [3.8, 4) is 5.75 Å². The summed E-state index contributed by atoms with van der Waals surface area (Å²) in [6.07, 6.45) is 3.60. The molecule has 4 heteroatoms. The lowest BCUT2D eigenvalue weighted by Gasteiger charge is -2.26. The second-order valence-corrected chi connectivity index (χ2v) is 5.59. The van der Waals surface area contributed by atoms with Gasteiger partial charge in [0.2, 0.25) is 0 Å². The van der Waals surface area contributed by atoms with Crippen molar-refractivity contribution in [2.24, 2.45) is 0 Å². The van der Waals surface area contributed by atoms with E-state index in [4.69, 9.17) is 4.74 Å². The second kappa shape index (κ2) is 5.72. The standard InChI is InChI=1S/C15H18N2OS/c1-18-13-6-5-11-3-2-4-15(14(11)7-13)16-8-12-9-19-10-17-12/h5-7,9-10,15-16H,2-4,8H2,1H3. The van der Waals surface area contributed by atoms with Gasteiger partial charge in [-0.2, -0.15) is 0 Å². The van der Waals surface area contributed by atoms with Crippen molar-refractivity contribution in [2.75, 3.05) is 7.11 Å². The molecule has 0 saturated carbocycles. The monoisotopic (exact) mass is 274 g/mol. The minimum Gasteiger partial charge on any atom is -0.497 e. The molecular formula is C15H18N2OS. The fourth-order valence-electron chi connectivity index (χ4n) is 2.67. The molecule has 100 valence electrons. The normalized spacial score (nSPS) is 18.1. The van der Waals surface area contributed by atoms with E-state index in [9.17, 15) is 0 Å². The maximum atomic E-state index is 5.34. The summed E-state index contributed by atoms with van der Waals surface area (Å²) in [5.41, 5.74) is 5.85. The molecule has 1 atom stereocenters. The molecule has 1 heterocycles. The Bertz CT molecular complexity index is 539. The van der Waals surface area contributed by atoms with Crippen LogP contribution in [0.15, 0.2) is 29.1 Å². The quantitative estimate of drug-likeness (QED) is 0.928. The summed E-state index contributed by atoms with van der Waals surface area (Å²) in [7, 11) is 1.72. The van der Waals surface area contributed by atoms with Gasteiger partial charge in [0.25, 0.3) is 0 Å². The van der Waals surface area contributed by atoms with Crippen LogP contribution in [-0.2, 0) is 13.0 Å². The molecule has 2 aromatic rings. The topological polar surface area (TPSA) is 34.1 Å². The average Bonchev–Trinajstić information content (AvgIpc) is 2.97. The Morgan fingerprint density at radius 2 is 2.42 bits per heavy atom. The first-order chi connectivity index (χ1) is 9.36. The van der Waals surface area contributed by atoms with Crippen molar-refractivity contribution in [3.05, 3.63) is 45.9 Å². The fraction of sp³-hybridized carbons (Fsp3) is 0.400. The van der Waals surface area contributed by atoms with Gasteiger partial charge in [-0.3, -0.25) is 0 Å². The van der Waals surface area contributed by atoms with Gasteiger partial charge in [0.05, 0.1) is 18.3 Å². The minimum absolute atomic E-state index is 0.417. The number of aryl methyl sites for hydroxylation is 1. The zero-order valence-corrected chi connectivity index (χ0v) is 11.9. The summed E-state index contributed by atoms with van der Waals surface area (Å²) >= 11 is 1.65. The molecule has 1 aromatic heterocycles. The van der Waals surface area contributed by atoms with Crippen molar-refractivity contribution in [1.29, 1.82) is 0 Å². The van der Waals surface area contributed by atoms with E-state index in [0.29, 0.717) is 6.04 Å². The molecule has 19 heavy (non-hydrogen) atoms. The van der Waals surface area contributed by atoms with Crippen LogP contribution in [0.5, 0.6) is 5.75 Å². The van der Waals surface area contributed by atoms with Gasteiger partial charge in [0.1, 0.15) is 5.75 Å². The number of aromatic nitrogens is 1. The van der Waals surface area contributed by atoms with Gasteiger partial charge in [-0.05, 0) is 42.5 Å². The van der Waals surface area contributed by atoms with Crippen LogP contribution in [0.4, 0.5) is 0 Å². The summed E-state index contributed by atoms with van der Waals surface area (Å²) in [6.45, 7) is 0.838. The molecule has 0 bridgehead atoms. The Balaban J connectivity index is 1.77. The van der Waals surface area contributed by atoms with Gasteiger partial charge in [-0.15, -0.1) is 11.3 Å². The Hall–Kier alpha value is -1.39. The van der Waals surface area contributed by atoms with Crippen LogP contribution in [0, 0.1) is 0 Å². The number of nitrogens with zero attached hydrogens (tertiary/aromatic N) is 1. The zero-order chi connectivity index (χ0) is 13.1. The lowest BCUT2D eigenvalue weighted by atomic mass is 9.87. The van der Waals surface area contributed by atoms with Gasteiger partial charge < -0.3 is 10.1 Å². The summed E-state index contributed by atoms with van der Waals surface area (Å²) in [4.78, 5) is 4.32. The summed E-state index contributed by atoms with van der Waals surface area (Å²) in [5, 5.41) is 5.72. The van der Waals surface area contributed by atoms with Crippen LogP contribution in [0.3, 0.4) is 0 Å². The molecule has 0 aliphatic heterocycles. The van der Waals surface area contributed by atoms with Crippen LogP contribution >= 0.6 is 11.3 Å². The van der Waals surface area contributed by atoms with Gasteiger partial charge in [-0.25, -0.2) is 4.98 Å². The van der Waals surface area contributed by atoms with E-state index in [1.807, 2.05) is 5.51 Å². The van der Waals surface area contributed by atoms with Gasteiger partial charge in [0.15, 0.2) is 0 Å². The molecular weight excluding hydrogens is 256 g/mol. The van der Waals surface area contributed by atoms with Crippen LogP contribution in [0.1, 0.15) is 35.7 Å². The predicted molar refractivity (Wildman–Crippen MR) is 77.6 cm³/mol. The summed E-state index contributed by atoms with van der Waals surface area (Å²) < 4.78 is 5.34. The zero-order valence-electron chi connectivity index (χ0n) is 11.1. The molecule has 0 spiro atoms. The van der Waals surface area contributed by atoms with Crippen LogP contribution in [0.25, 0.3) is 0 Å². The number of benzene rings is 1. The fourth-order valence-corrected chi connectivity index (χ4v) is 3.23. The van der Waals surface area contributed by atoms with Crippen molar-refractivity contribution in [3.63, 3.8) is 0 Å². The summed E-state index contributed by atoms with van der Waals surface area (Å²) in [5.74, 6) is 0.945. The maximum Gasteiger partial charge on any atom is 0.119 e. The van der Waals surface area contributed by atoms with E-state index in [2.05, 4.69) is 33.9 Å². The highest BCUT2D eigenvalue weighted by atomic mass is 32.1. The molecule has 1 aromatic carbocycles. The number of hydrogen-bond acceptors (Lipinski definition) is 4. The molecule has 0 fully saturated rings. The molecule has 1 aliphatic carbocycles. The molecule has 1 aliphatic rings. The first-order valence-electron chi connectivity index (χ1n) is 6.64. The number of fused-ring (bicyclic) bond motifs is 1. The number of ether oxygens (including phenoxy) is 1. The number of methoxy groups -OCH3 is 1. The van der Waals surface area contributed by atoms with Gasteiger partial charge in [0, 0.05) is 18.0 Å². The highest BCUT2D eigenvalue weighted by molar-refractivity contribution is 7.07. The molecule has 1 N–H and O–H groups in total. The van der Waals surface area contributed by atoms with Crippen molar-refractivity contribution >= 4 is 11.3 Å². The third-order valence-electron chi connectivity index (χ3n) is 3.68. The Morgan fingerprint density at radius 1 is 1.47 bits per heavy atom.